The lowest BCUT2D eigenvalue weighted by atomic mass is 10.1. The summed E-state index contributed by atoms with van der Waals surface area (Å²) in [7, 11) is 3.03. The molecule has 0 aliphatic rings. The molecular weight excluding hydrogens is 314 g/mol. The summed E-state index contributed by atoms with van der Waals surface area (Å²) in [5.74, 6) is 0.780. The van der Waals surface area contributed by atoms with Gasteiger partial charge in [-0.15, -0.1) is 11.3 Å². The molecule has 6 heteroatoms. The first kappa shape index (κ1) is 17.0. The van der Waals surface area contributed by atoms with Gasteiger partial charge >= 0.3 is 0 Å². The summed E-state index contributed by atoms with van der Waals surface area (Å²) in [5.41, 5.74) is 0.433. The van der Waals surface area contributed by atoms with Crippen molar-refractivity contribution in [1.82, 2.24) is 5.32 Å². The molecule has 0 saturated heterocycles. The fraction of sp³-hybridized carbons (Fsp3) is 0.294. The Balaban J connectivity index is 1.98. The van der Waals surface area contributed by atoms with E-state index in [0.29, 0.717) is 30.0 Å². The smallest absolute Gasteiger partial charge is 0.255 e. The molecule has 23 heavy (non-hydrogen) atoms. The minimum absolute atomic E-state index is 0.0615. The number of benzene rings is 1. The van der Waals surface area contributed by atoms with Crippen molar-refractivity contribution in [3.05, 3.63) is 45.6 Å². The van der Waals surface area contributed by atoms with E-state index in [2.05, 4.69) is 5.32 Å². The molecule has 0 fully saturated rings. The number of carbonyl (C=O) groups excluding carboxylic acids is 2. The average molecular weight is 333 g/mol. The van der Waals surface area contributed by atoms with E-state index in [9.17, 15) is 9.59 Å². The van der Waals surface area contributed by atoms with Crippen molar-refractivity contribution in [2.45, 2.75) is 13.3 Å². The molecule has 0 bridgehead atoms. The second-order valence-corrected chi connectivity index (χ2v) is 6.04. The minimum Gasteiger partial charge on any atom is -0.493 e. The fourth-order valence-electron chi connectivity index (χ4n) is 2.16. The van der Waals surface area contributed by atoms with E-state index in [0.717, 1.165) is 9.75 Å². The number of rotatable bonds is 7. The second-order valence-electron chi connectivity index (χ2n) is 4.87. The molecule has 5 nitrogen and oxygen atoms in total. The van der Waals surface area contributed by atoms with E-state index in [1.807, 2.05) is 12.1 Å². The van der Waals surface area contributed by atoms with Crippen LogP contribution >= 0.6 is 11.3 Å². The van der Waals surface area contributed by atoms with E-state index in [4.69, 9.17) is 9.47 Å². The van der Waals surface area contributed by atoms with Crippen molar-refractivity contribution in [3.63, 3.8) is 0 Å². The van der Waals surface area contributed by atoms with Crippen LogP contribution in [0.2, 0.25) is 0 Å². The van der Waals surface area contributed by atoms with Crippen molar-refractivity contribution in [2.75, 3.05) is 20.8 Å². The predicted molar refractivity (Wildman–Crippen MR) is 89.9 cm³/mol. The summed E-state index contributed by atoms with van der Waals surface area (Å²) in [6.07, 6.45) is 0.677. The molecule has 1 heterocycles. The van der Waals surface area contributed by atoms with Crippen molar-refractivity contribution in [3.8, 4) is 11.5 Å². The van der Waals surface area contributed by atoms with Crippen LogP contribution < -0.4 is 14.8 Å². The Labute approximate surface area is 139 Å². The van der Waals surface area contributed by atoms with E-state index in [-0.39, 0.29) is 11.7 Å². The number of amides is 1. The van der Waals surface area contributed by atoms with Gasteiger partial charge in [0, 0.05) is 11.4 Å². The third kappa shape index (κ3) is 4.10. The summed E-state index contributed by atoms with van der Waals surface area (Å²) < 4.78 is 10.5. The molecule has 122 valence electrons. The summed E-state index contributed by atoms with van der Waals surface area (Å²) in [5, 5.41) is 2.86. The maximum Gasteiger partial charge on any atom is 0.255 e. The van der Waals surface area contributed by atoms with Crippen molar-refractivity contribution in [2.24, 2.45) is 0 Å². The number of Topliss-reactive ketones (excluding diaryl/α,β-unsaturated/α-hetero) is 1. The SMILES string of the molecule is COc1cccc(C(=O)NCCc2ccc(C(C)=O)s2)c1OC. The molecule has 1 aromatic carbocycles. The normalized spacial score (nSPS) is 10.2. The monoisotopic (exact) mass is 333 g/mol. The standard InChI is InChI=1S/C17H19NO4S/c1-11(19)15-8-7-12(23-15)9-10-18-17(20)13-5-4-6-14(21-2)16(13)22-3/h4-8H,9-10H2,1-3H3,(H,18,20). The molecule has 0 saturated carbocycles. The van der Waals surface area contributed by atoms with Crippen molar-refractivity contribution in [1.29, 1.82) is 0 Å². The number of ether oxygens (including phenoxy) is 2. The molecule has 0 unspecified atom stereocenters. The Morgan fingerprint density at radius 1 is 1.13 bits per heavy atom. The molecule has 2 rings (SSSR count). The van der Waals surface area contributed by atoms with Crippen LogP contribution in [0, 0.1) is 0 Å². The molecular formula is C17H19NO4S. The molecule has 0 spiro atoms. The van der Waals surface area contributed by atoms with Gasteiger partial charge < -0.3 is 14.8 Å². The summed E-state index contributed by atoms with van der Waals surface area (Å²) in [6.45, 7) is 2.03. The summed E-state index contributed by atoms with van der Waals surface area (Å²) in [4.78, 5) is 25.4. The zero-order valence-electron chi connectivity index (χ0n) is 13.3. The van der Waals surface area contributed by atoms with Crippen LogP contribution in [0.15, 0.2) is 30.3 Å². The topological polar surface area (TPSA) is 64.6 Å². The molecule has 0 aliphatic heterocycles. The van der Waals surface area contributed by atoms with Gasteiger partial charge in [-0.25, -0.2) is 0 Å². The highest BCUT2D eigenvalue weighted by Crippen LogP contribution is 2.30. The Morgan fingerprint density at radius 2 is 1.91 bits per heavy atom. The molecule has 1 aromatic heterocycles. The number of hydrogen-bond acceptors (Lipinski definition) is 5. The first-order valence-electron chi connectivity index (χ1n) is 7.15. The average Bonchev–Trinajstić information content (AvgIpc) is 3.03. The number of para-hydroxylation sites is 1. The van der Waals surface area contributed by atoms with Gasteiger partial charge in [-0.05, 0) is 37.6 Å². The molecule has 1 amide bonds. The predicted octanol–water partition coefficient (Wildman–Crippen LogP) is 2.94. The highest BCUT2D eigenvalue weighted by atomic mass is 32.1. The van der Waals surface area contributed by atoms with Crippen LogP contribution in [0.1, 0.15) is 31.8 Å². The van der Waals surface area contributed by atoms with Gasteiger partial charge in [-0.3, -0.25) is 9.59 Å². The molecule has 1 N–H and O–H groups in total. The second kappa shape index (κ2) is 7.78. The lowest BCUT2D eigenvalue weighted by Crippen LogP contribution is -2.26. The maximum absolute atomic E-state index is 12.3. The summed E-state index contributed by atoms with van der Waals surface area (Å²) in [6, 6.07) is 8.91. The number of ketones is 1. The first-order chi connectivity index (χ1) is 11.1. The third-order valence-corrected chi connectivity index (χ3v) is 4.56. The Bertz CT molecular complexity index is 708. The van der Waals surface area contributed by atoms with Gasteiger partial charge in [0.25, 0.3) is 5.91 Å². The van der Waals surface area contributed by atoms with E-state index in [1.165, 1.54) is 25.6 Å². The summed E-state index contributed by atoms with van der Waals surface area (Å²) >= 11 is 1.46. The van der Waals surface area contributed by atoms with Crippen LogP contribution in [0.5, 0.6) is 11.5 Å². The van der Waals surface area contributed by atoms with Gasteiger partial charge in [0.1, 0.15) is 0 Å². The van der Waals surface area contributed by atoms with Gasteiger partial charge in [-0.2, -0.15) is 0 Å². The lowest BCUT2D eigenvalue weighted by Gasteiger charge is -2.12. The van der Waals surface area contributed by atoms with Crippen molar-refractivity contribution >= 4 is 23.0 Å². The molecule has 0 aliphatic carbocycles. The molecule has 0 atom stereocenters. The lowest BCUT2D eigenvalue weighted by molar-refractivity contribution is 0.0949. The van der Waals surface area contributed by atoms with E-state index < -0.39 is 0 Å². The number of thiophene rings is 1. The first-order valence-corrected chi connectivity index (χ1v) is 7.97. The van der Waals surface area contributed by atoms with Crippen LogP contribution in [-0.4, -0.2) is 32.5 Å². The Hall–Kier alpha value is -2.34. The molecule has 2 aromatic rings. The van der Waals surface area contributed by atoms with Gasteiger partial charge in [-0.1, -0.05) is 6.07 Å². The Kier molecular flexibility index (Phi) is 5.76. The van der Waals surface area contributed by atoms with Crippen LogP contribution in [0.3, 0.4) is 0 Å². The van der Waals surface area contributed by atoms with Crippen LogP contribution in [0.25, 0.3) is 0 Å². The number of carbonyl (C=O) groups is 2. The highest BCUT2D eigenvalue weighted by molar-refractivity contribution is 7.14. The van der Waals surface area contributed by atoms with Gasteiger partial charge in [0.2, 0.25) is 0 Å². The maximum atomic E-state index is 12.3. The Morgan fingerprint density at radius 3 is 2.52 bits per heavy atom. The molecule has 0 radical (unpaired) electrons. The zero-order chi connectivity index (χ0) is 16.8. The number of hydrogen-bond donors (Lipinski definition) is 1. The van der Waals surface area contributed by atoms with Gasteiger partial charge in [0.15, 0.2) is 17.3 Å². The number of methoxy groups -OCH3 is 2. The number of nitrogens with one attached hydrogen (secondary N) is 1. The largest absolute Gasteiger partial charge is 0.493 e. The quantitative estimate of drug-likeness (QED) is 0.791. The van der Waals surface area contributed by atoms with Crippen LogP contribution in [0.4, 0.5) is 0 Å². The highest BCUT2D eigenvalue weighted by Gasteiger charge is 2.16. The third-order valence-electron chi connectivity index (χ3n) is 3.31. The van der Waals surface area contributed by atoms with E-state index >= 15 is 0 Å². The van der Waals surface area contributed by atoms with Crippen molar-refractivity contribution < 1.29 is 19.1 Å². The fourth-order valence-corrected chi connectivity index (χ4v) is 3.06. The van der Waals surface area contributed by atoms with Crippen LogP contribution in [-0.2, 0) is 6.42 Å². The minimum atomic E-state index is -0.218. The van der Waals surface area contributed by atoms with Gasteiger partial charge in [0.05, 0.1) is 24.7 Å². The van der Waals surface area contributed by atoms with E-state index in [1.54, 1.807) is 25.1 Å². The zero-order valence-corrected chi connectivity index (χ0v) is 14.2.